The first-order valence-corrected chi connectivity index (χ1v) is 6.54. The molecule has 0 heterocycles. The number of aryl methyl sites for hydroxylation is 1. The van der Waals surface area contributed by atoms with Gasteiger partial charge in [-0.05, 0) is 53.0 Å². The first-order chi connectivity index (χ1) is 8.16. The van der Waals surface area contributed by atoms with Gasteiger partial charge in [-0.3, -0.25) is 0 Å². The van der Waals surface area contributed by atoms with Crippen LogP contribution in [-0.4, -0.2) is 0 Å². The van der Waals surface area contributed by atoms with Gasteiger partial charge in [-0.1, -0.05) is 36.4 Å². The zero-order valence-electron chi connectivity index (χ0n) is 10.1. The summed E-state index contributed by atoms with van der Waals surface area (Å²) in [5, 5.41) is 3.52. The lowest BCUT2D eigenvalue weighted by atomic mass is 10.1. The van der Waals surface area contributed by atoms with Crippen LogP contribution < -0.4 is 5.32 Å². The average Bonchev–Trinajstić information content (AvgIpc) is 2.35. The lowest BCUT2D eigenvalue weighted by Crippen LogP contribution is -2.06. The topological polar surface area (TPSA) is 12.0 Å². The van der Waals surface area contributed by atoms with Crippen LogP contribution in [0, 0.1) is 6.92 Å². The van der Waals surface area contributed by atoms with Crippen molar-refractivity contribution in [1.29, 1.82) is 0 Å². The quantitative estimate of drug-likeness (QED) is 0.845. The predicted octanol–water partition coefficient (Wildman–Crippen LogP) is 4.93. The zero-order valence-corrected chi connectivity index (χ0v) is 11.7. The third-order valence-corrected chi connectivity index (χ3v) is 3.48. The Hall–Kier alpha value is -1.28. The zero-order chi connectivity index (χ0) is 12.3. The van der Waals surface area contributed by atoms with Gasteiger partial charge in [0.25, 0.3) is 0 Å². The molecule has 0 radical (unpaired) electrons. The molecular weight excluding hydrogens is 274 g/mol. The van der Waals surface area contributed by atoms with Crippen LogP contribution in [0.4, 0.5) is 5.69 Å². The van der Waals surface area contributed by atoms with Crippen molar-refractivity contribution < 1.29 is 0 Å². The molecule has 0 fully saturated rings. The summed E-state index contributed by atoms with van der Waals surface area (Å²) in [5.74, 6) is 0. The van der Waals surface area contributed by atoms with E-state index in [1.807, 2.05) is 6.07 Å². The summed E-state index contributed by atoms with van der Waals surface area (Å²) in [7, 11) is 0. The molecule has 88 valence electrons. The largest absolute Gasteiger partial charge is 0.378 e. The Morgan fingerprint density at radius 1 is 1.06 bits per heavy atom. The second-order valence-corrected chi connectivity index (χ2v) is 5.11. The van der Waals surface area contributed by atoms with E-state index in [1.54, 1.807) is 0 Å². The summed E-state index contributed by atoms with van der Waals surface area (Å²) in [4.78, 5) is 0. The van der Waals surface area contributed by atoms with Crippen molar-refractivity contribution >= 4 is 21.6 Å². The van der Waals surface area contributed by atoms with Crippen molar-refractivity contribution in [1.82, 2.24) is 0 Å². The van der Waals surface area contributed by atoms with E-state index in [0.29, 0.717) is 6.04 Å². The fraction of sp³-hybridized carbons (Fsp3) is 0.200. The molecule has 1 N–H and O–H groups in total. The van der Waals surface area contributed by atoms with Crippen LogP contribution in [0.15, 0.2) is 53.0 Å². The molecule has 1 unspecified atom stereocenters. The van der Waals surface area contributed by atoms with Crippen LogP contribution in [0.5, 0.6) is 0 Å². The van der Waals surface area contributed by atoms with E-state index < -0.39 is 0 Å². The second kappa shape index (κ2) is 5.37. The Balaban J connectivity index is 2.18. The van der Waals surface area contributed by atoms with E-state index in [0.717, 1.165) is 10.2 Å². The average molecular weight is 290 g/mol. The van der Waals surface area contributed by atoms with Crippen molar-refractivity contribution in [3.8, 4) is 0 Å². The summed E-state index contributed by atoms with van der Waals surface area (Å²) in [6.07, 6.45) is 0. The van der Waals surface area contributed by atoms with E-state index in [9.17, 15) is 0 Å². The molecule has 2 heteroatoms. The standard InChI is InChI=1S/C15H16BrN/c1-11-8-9-14(16)15(10-11)17-12(2)13-6-4-3-5-7-13/h3-10,12,17H,1-2H3. The Morgan fingerprint density at radius 3 is 2.47 bits per heavy atom. The maximum atomic E-state index is 3.57. The van der Waals surface area contributed by atoms with Gasteiger partial charge in [-0.2, -0.15) is 0 Å². The van der Waals surface area contributed by atoms with Crippen LogP contribution in [0.3, 0.4) is 0 Å². The lowest BCUT2D eigenvalue weighted by Gasteiger charge is -2.17. The molecule has 17 heavy (non-hydrogen) atoms. The minimum atomic E-state index is 0.300. The maximum Gasteiger partial charge on any atom is 0.0491 e. The van der Waals surface area contributed by atoms with Gasteiger partial charge in [-0.15, -0.1) is 0 Å². The van der Waals surface area contributed by atoms with E-state index >= 15 is 0 Å². The minimum absolute atomic E-state index is 0.300. The highest BCUT2D eigenvalue weighted by Gasteiger charge is 2.06. The molecule has 2 rings (SSSR count). The molecule has 0 saturated heterocycles. The third-order valence-electron chi connectivity index (χ3n) is 2.79. The van der Waals surface area contributed by atoms with Crippen molar-refractivity contribution in [2.45, 2.75) is 19.9 Å². The Kier molecular flexibility index (Phi) is 3.85. The number of anilines is 1. The van der Waals surface area contributed by atoms with Gasteiger partial charge in [0.05, 0.1) is 0 Å². The van der Waals surface area contributed by atoms with Crippen LogP contribution in [0.2, 0.25) is 0 Å². The number of rotatable bonds is 3. The van der Waals surface area contributed by atoms with Gasteiger partial charge in [0.15, 0.2) is 0 Å². The molecule has 2 aromatic carbocycles. The SMILES string of the molecule is Cc1ccc(Br)c(NC(C)c2ccccc2)c1. The van der Waals surface area contributed by atoms with Gasteiger partial charge in [0.2, 0.25) is 0 Å². The van der Waals surface area contributed by atoms with E-state index in [1.165, 1.54) is 11.1 Å². The highest BCUT2D eigenvalue weighted by Crippen LogP contribution is 2.27. The van der Waals surface area contributed by atoms with Crippen LogP contribution in [-0.2, 0) is 0 Å². The molecule has 1 atom stereocenters. The first kappa shape index (κ1) is 12.2. The summed E-state index contributed by atoms with van der Waals surface area (Å²) < 4.78 is 1.10. The molecule has 0 aromatic heterocycles. The highest BCUT2D eigenvalue weighted by molar-refractivity contribution is 9.10. The Morgan fingerprint density at radius 2 is 1.76 bits per heavy atom. The van der Waals surface area contributed by atoms with E-state index in [2.05, 4.69) is 77.6 Å². The number of halogens is 1. The van der Waals surface area contributed by atoms with E-state index in [-0.39, 0.29) is 0 Å². The summed E-state index contributed by atoms with van der Waals surface area (Å²) in [5.41, 5.74) is 3.69. The van der Waals surface area contributed by atoms with Crippen LogP contribution in [0.25, 0.3) is 0 Å². The summed E-state index contributed by atoms with van der Waals surface area (Å²) in [6, 6.07) is 17.1. The first-order valence-electron chi connectivity index (χ1n) is 5.74. The summed E-state index contributed by atoms with van der Waals surface area (Å²) in [6.45, 7) is 4.27. The normalized spacial score (nSPS) is 12.2. The van der Waals surface area contributed by atoms with Crippen molar-refractivity contribution in [3.05, 3.63) is 64.1 Å². The highest BCUT2D eigenvalue weighted by atomic mass is 79.9. The molecule has 1 nitrogen and oxygen atoms in total. The van der Waals surface area contributed by atoms with Gasteiger partial charge < -0.3 is 5.32 Å². The Labute approximate surface area is 111 Å². The monoisotopic (exact) mass is 289 g/mol. The molecule has 0 saturated carbocycles. The molecule has 0 aliphatic rings. The number of hydrogen-bond donors (Lipinski definition) is 1. The van der Waals surface area contributed by atoms with Crippen LogP contribution in [0.1, 0.15) is 24.1 Å². The lowest BCUT2D eigenvalue weighted by molar-refractivity contribution is 0.883. The van der Waals surface area contributed by atoms with Crippen molar-refractivity contribution in [2.75, 3.05) is 5.32 Å². The van der Waals surface area contributed by atoms with Crippen molar-refractivity contribution in [2.24, 2.45) is 0 Å². The van der Waals surface area contributed by atoms with E-state index in [4.69, 9.17) is 0 Å². The fourth-order valence-corrected chi connectivity index (χ4v) is 2.17. The number of nitrogens with one attached hydrogen (secondary N) is 1. The summed E-state index contributed by atoms with van der Waals surface area (Å²) >= 11 is 3.57. The molecule has 0 aliphatic carbocycles. The maximum absolute atomic E-state index is 3.57. The predicted molar refractivity (Wildman–Crippen MR) is 77.4 cm³/mol. The number of hydrogen-bond acceptors (Lipinski definition) is 1. The third kappa shape index (κ3) is 3.10. The Bertz CT molecular complexity index is 494. The fourth-order valence-electron chi connectivity index (χ4n) is 1.81. The minimum Gasteiger partial charge on any atom is -0.378 e. The van der Waals surface area contributed by atoms with Gasteiger partial charge in [0.1, 0.15) is 0 Å². The molecule has 0 bridgehead atoms. The number of benzene rings is 2. The molecule has 0 spiro atoms. The second-order valence-electron chi connectivity index (χ2n) is 4.26. The smallest absolute Gasteiger partial charge is 0.0491 e. The van der Waals surface area contributed by atoms with Gasteiger partial charge in [0, 0.05) is 16.2 Å². The van der Waals surface area contributed by atoms with Gasteiger partial charge >= 0.3 is 0 Å². The van der Waals surface area contributed by atoms with Crippen LogP contribution >= 0.6 is 15.9 Å². The van der Waals surface area contributed by atoms with Gasteiger partial charge in [-0.25, -0.2) is 0 Å². The molecule has 0 aliphatic heterocycles. The molecular formula is C15H16BrN. The molecule has 2 aromatic rings. The van der Waals surface area contributed by atoms with Crippen molar-refractivity contribution in [3.63, 3.8) is 0 Å². The molecule has 0 amide bonds.